The van der Waals surface area contributed by atoms with E-state index in [9.17, 15) is 23.1 Å². The van der Waals surface area contributed by atoms with Gasteiger partial charge in [-0.25, -0.2) is 0 Å². The Morgan fingerprint density at radius 1 is 1.28 bits per heavy atom. The van der Waals surface area contributed by atoms with Crippen LogP contribution in [0.1, 0.15) is 30.4 Å². The Kier molecular flexibility index (Phi) is 5.34. The molecule has 2 fully saturated rings. The lowest BCUT2D eigenvalue weighted by Gasteiger charge is -2.38. The minimum Gasteiger partial charge on any atom is -0.396 e. The zero-order valence-electron chi connectivity index (χ0n) is 13.9. The second kappa shape index (κ2) is 7.33. The molecule has 0 unspecified atom stereocenters. The number of likely N-dealkylation sites (tertiary alicyclic amines) is 1. The molecule has 0 spiro atoms. The van der Waals surface area contributed by atoms with Gasteiger partial charge in [0, 0.05) is 37.6 Å². The van der Waals surface area contributed by atoms with Gasteiger partial charge in [0.1, 0.15) is 0 Å². The van der Waals surface area contributed by atoms with E-state index in [2.05, 4.69) is 5.32 Å². The average molecular weight is 356 g/mol. The number of nitrogens with one attached hydrogen (secondary N) is 1. The van der Waals surface area contributed by atoms with Crippen LogP contribution in [0, 0.1) is 11.8 Å². The second-order valence-electron chi connectivity index (χ2n) is 7.05. The smallest absolute Gasteiger partial charge is 0.396 e. The Hall–Kier alpha value is -1.60. The summed E-state index contributed by atoms with van der Waals surface area (Å²) in [6, 6.07) is 5.20. The molecule has 0 radical (unpaired) electrons. The summed E-state index contributed by atoms with van der Waals surface area (Å²) in [6.45, 7) is 1.64. The number of aliphatic hydroxyl groups excluding tert-OH is 1. The second-order valence-corrected chi connectivity index (χ2v) is 7.05. The van der Waals surface area contributed by atoms with Crippen molar-refractivity contribution in [1.29, 1.82) is 0 Å². The van der Waals surface area contributed by atoms with Crippen LogP contribution in [-0.4, -0.2) is 41.7 Å². The number of alkyl halides is 3. The molecule has 2 atom stereocenters. The van der Waals surface area contributed by atoms with Gasteiger partial charge in [-0.3, -0.25) is 9.69 Å². The van der Waals surface area contributed by atoms with Gasteiger partial charge in [0.05, 0.1) is 5.56 Å². The molecule has 1 aromatic rings. The van der Waals surface area contributed by atoms with Gasteiger partial charge < -0.3 is 10.4 Å². The number of carbonyl (C=O) groups is 1. The molecule has 1 heterocycles. The van der Waals surface area contributed by atoms with E-state index in [0.29, 0.717) is 31.6 Å². The van der Waals surface area contributed by atoms with Gasteiger partial charge in [-0.05, 0) is 37.4 Å². The van der Waals surface area contributed by atoms with E-state index in [0.717, 1.165) is 18.9 Å². The maximum absolute atomic E-state index is 12.8. The van der Waals surface area contributed by atoms with Crippen LogP contribution in [-0.2, 0) is 17.5 Å². The zero-order chi connectivity index (χ0) is 18.0. The molecule has 7 heteroatoms. The molecule has 25 heavy (non-hydrogen) atoms. The molecule has 3 rings (SSSR count). The molecule has 4 nitrogen and oxygen atoms in total. The van der Waals surface area contributed by atoms with Crippen LogP contribution < -0.4 is 5.32 Å². The first kappa shape index (κ1) is 18.2. The highest BCUT2D eigenvalue weighted by molar-refractivity contribution is 5.81. The van der Waals surface area contributed by atoms with Gasteiger partial charge in [0.25, 0.3) is 0 Å². The number of rotatable bonds is 5. The molecular formula is C18H23F3N2O2. The standard InChI is InChI=1S/C18H23F3N2O2/c19-18(20,21)15-3-1-2-12(8-15)9-23-7-6-14(11-24)16(10-23)22-17(25)13-4-5-13/h1-3,8,13-14,16,24H,4-7,9-11H2,(H,22,25)/t14-,16-/m1/s1. The third-order valence-corrected chi connectivity index (χ3v) is 5.01. The van der Waals surface area contributed by atoms with Gasteiger partial charge >= 0.3 is 6.18 Å². The van der Waals surface area contributed by atoms with Gasteiger partial charge in [-0.2, -0.15) is 13.2 Å². The molecule has 1 aromatic carbocycles. The Morgan fingerprint density at radius 2 is 2.04 bits per heavy atom. The van der Waals surface area contributed by atoms with Crippen molar-refractivity contribution in [3.05, 3.63) is 35.4 Å². The Morgan fingerprint density at radius 3 is 2.68 bits per heavy atom. The fourth-order valence-corrected chi connectivity index (χ4v) is 3.34. The van der Waals surface area contributed by atoms with E-state index < -0.39 is 11.7 Å². The van der Waals surface area contributed by atoms with Gasteiger partial charge in [0.15, 0.2) is 0 Å². The summed E-state index contributed by atoms with van der Waals surface area (Å²) in [6.07, 6.45) is -1.81. The van der Waals surface area contributed by atoms with Crippen molar-refractivity contribution >= 4 is 5.91 Å². The molecule has 1 amide bonds. The molecule has 2 aliphatic rings. The van der Waals surface area contributed by atoms with E-state index in [1.807, 2.05) is 4.90 Å². The van der Waals surface area contributed by atoms with E-state index in [1.165, 1.54) is 12.1 Å². The van der Waals surface area contributed by atoms with Crippen LogP contribution in [0.25, 0.3) is 0 Å². The summed E-state index contributed by atoms with van der Waals surface area (Å²) in [5.41, 5.74) is -0.0432. The fraction of sp³-hybridized carbons (Fsp3) is 0.611. The quantitative estimate of drug-likeness (QED) is 0.852. The van der Waals surface area contributed by atoms with Crippen LogP contribution in [0.3, 0.4) is 0 Å². The van der Waals surface area contributed by atoms with Crippen molar-refractivity contribution in [1.82, 2.24) is 10.2 Å². The van der Waals surface area contributed by atoms with E-state index in [-0.39, 0.29) is 30.4 Å². The Labute approximate surface area is 145 Å². The van der Waals surface area contributed by atoms with Gasteiger partial charge in [-0.15, -0.1) is 0 Å². The first-order valence-corrected chi connectivity index (χ1v) is 8.66. The number of nitrogens with zero attached hydrogens (tertiary/aromatic N) is 1. The molecule has 138 valence electrons. The Balaban J connectivity index is 1.63. The Bertz CT molecular complexity index is 617. The fourth-order valence-electron chi connectivity index (χ4n) is 3.34. The topological polar surface area (TPSA) is 52.6 Å². The van der Waals surface area contributed by atoms with Gasteiger partial charge in [0.2, 0.25) is 5.91 Å². The zero-order valence-corrected chi connectivity index (χ0v) is 13.9. The first-order valence-electron chi connectivity index (χ1n) is 8.66. The summed E-state index contributed by atoms with van der Waals surface area (Å²) >= 11 is 0. The van der Waals surface area contributed by atoms with Crippen molar-refractivity contribution in [2.45, 2.75) is 38.0 Å². The van der Waals surface area contributed by atoms with Crippen LogP contribution in [0.5, 0.6) is 0 Å². The lowest BCUT2D eigenvalue weighted by molar-refractivity contribution is -0.137. The summed E-state index contributed by atoms with van der Waals surface area (Å²) in [4.78, 5) is 14.1. The number of carbonyl (C=O) groups excluding carboxylic acids is 1. The monoisotopic (exact) mass is 356 g/mol. The van der Waals surface area contributed by atoms with E-state index in [4.69, 9.17) is 0 Å². The predicted octanol–water partition coefficient (Wildman–Crippen LogP) is 2.41. The normalized spacial score (nSPS) is 25.0. The number of aliphatic hydroxyl groups is 1. The SMILES string of the molecule is O=C(N[C@@H]1CN(Cc2cccc(C(F)(F)F)c2)CC[C@@H]1CO)C1CC1. The van der Waals surface area contributed by atoms with Crippen molar-refractivity contribution in [3.63, 3.8) is 0 Å². The van der Waals surface area contributed by atoms with Crippen LogP contribution in [0.15, 0.2) is 24.3 Å². The van der Waals surface area contributed by atoms with Crippen LogP contribution >= 0.6 is 0 Å². The molecule has 1 saturated heterocycles. The molecule has 2 N–H and O–H groups in total. The summed E-state index contributed by atoms with van der Waals surface area (Å²) < 4.78 is 38.5. The largest absolute Gasteiger partial charge is 0.416 e. The summed E-state index contributed by atoms with van der Waals surface area (Å²) in [5.74, 6) is 0.128. The number of amides is 1. The number of piperidine rings is 1. The number of benzene rings is 1. The third-order valence-electron chi connectivity index (χ3n) is 5.01. The molecule has 1 aliphatic heterocycles. The van der Waals surface area contributed by atoms with Crippen molar-refractivity contribution in [2.75, 3.05) is 19.7 Å². The van der Waals surface area contributed by atoms with Crippen LogP contribution in [0.2, 0.25) is 0 Å². The van der Waals surface area contributed by atoms with E-state index >= 15 is 0 Å². The third kappa shape index (κ3) is 4.73. The molecular weight excluding hydrogens is 333 g/mol. The van der Waals surface area contributed by atoms with Crippen molar-refractivity contribution < 1.29 is 23.1 Å². The summed E-state index contributed by atoms with van der Waals surface area (Å²) in [5, 5.41) is 12.5. The molecule has 1 aliphatic carbocycles. The molecule has 0 aromatic heterocycles. The number of hydrogen-bond donors (Lipinski definition) is 2. The number of hydrogen-bond acceptors (Lipinski definition) is 3. The highest BCUT2D eigenvalue weighted by atomic mass is 19.4. The minimum atomic E-state index is -4.35. The maximum atomic E-state index is 12.8. The number of halogens is 3. The van der Waals surface area contributed by atoms with E-state index in [1.54, 1.807) is 6.07 Å². The minimum absolute atomic E-state index is 0.000425. The van der Waals surface area contributed by atoms with Crippen molar-refractivity contribution in [3.8, 4) is 0 Å². The highest BCUT2D eigenvalue weighted by Gasteiger charge is 2.35. The van der Waals surface area contributed by atoms with Crippen LogP contribution in [0.4, 0.5) is 13.2 Å². The lowest BCUT2D eigenvalue weighted by atomic mass is 9.91. The average Bonchev–Trinajstić information content (AvgIpc) is 3.39. The predicted molar refractivity (Wildman–Crippen MR) is 86.6 cm³/mol. The molecule has 0 bridgehead atoms. The van der Waals surface area contributed by atoms with Gasteiger partial charge in [-0.1, -0.05) is 18.2 Å². The maximum Gasteiger partial charge on any atom is 0.416 e. The lowest BCUT2D eigenvalue weighted by Crippen LogP contribution is -2.53. The first-order chi connectivity index (χ1) is 11.9. The molecule has 1 saturated carbocycles. The highest BCUT2D eigenvalue weighted by Crippen LogP contribution is 2.31. The van der Waals surface area contributed by atoms with Crippen molar-refractivity contribution in [2.24, 2.45) is 11.8 Å². The summed E-state index contributed by atoms with van der Waals surface area (Å²) in [7, 11) is 0.